The Morgan fingerprint density at radius 3 is 2.67 bits per heavy atom. The molecule has 6 heteroatoms. The van der Waals surface area contributed by atoms with Gasteiger partial charge >= 0.3 is 0 Å². The molecule has 1 amide bonds. The lowest BCUT2D eigenvalue weighted by Gasteiger charge is -2.11. The van der Waals surface area contributed by atoms with Crippen LogP contribution in [-0.4, -0.2) is 24.6 Å². The van der Waals surface area contributed by atoms with E-state index in [4.69, 9.17) is 13.9 Å². The highest BCUT2D eigenvalue weighted by atomic mass is 16.5. The summed E-state index contributed by atoms with van der Waals surface area (Å²) in [5, 5.41) is 2.91. The van der Waals surface area contributed by atoms with E-state index in [0.29, 0.717) is 34.2 Å². The minimum Gasteiger partial charge on any atom is -0.497 e. The lowest BCUT2D eigenvalue weighted by Crippen LogP contribution is -2.20. The fourth-order valence-corrected chi connectivity index (χ4v) is 3.10. The molecule has 0 atom stereocenters. The van der Waals surface area contributed by atoms with Crippen LogP contribution in [-0.2, 0) is 4.79 Å². The number of hydrogen-bond donors (Lipinski definition) is 1. The molecule has 3 aromatic carbocycles. The average Bonchev–Trinajstić information content (AvgIpc) is 3.18. The first-order valence-corrected chi connectivity index (χ1v) is 9.57. The van der Waals surface area contributed by atoms with Crippen molar-refractivity contribution in [1.82, 2.24) is 4.98 Å². The SMILES string of the molecule is COc1ccc2oc(-c3ccc(C)c(NC(=O)COc4ccccc4C)c3)nc2c1. The smallest absolute Gasteiger partial charge is 0.262 e. The molecule has 0 aliphatic rings. The maximum atomic E-state index is 12.4. The van der Waals surface area contributed by atoms with Crippen LogP contribution >= 0.6 is 0 Å². The van der Waals surface area contributed by atoms with Gasteiger partial charge in [0.1, 0.15) is 17.0 Å². The number of fused-ring (bicyclic) bond motifs is 1. The zero-order valence-electron chi connectivity index (χ0n) is 17.1. The van der Waals surface area contributed by atoms with Gasteiger partial charge in [-0.1, -0.05) is 24.3 Å². The number of carbonyl (C=O) groups excluding carboxylic acids is 1. The van der Waals surface area contributed by atoms with Gasteiger partial charge in [0, 0.05) is 17.3 Å². The van der Waals surface area contributed by atoms with Crippen LogP contribution in [0.2, 0.25) is 0 Å². The zero-order chi connectivity index (χ0) is 21.1. The van der Waals surface area contributed by atoms with Crippen LogP contribution in [0.4, 0.5) is 5.69 Å². The molecule has 0 saturated carbocycles. The minimum absolute atomic E-state index is 0.0722. The van der Waals surface area contributed by atoms with Gasteiger partial charge in [-0.2, -0.15) is 0 Å². The third-order valence-electron chi connectivity index (χ3n) is 4.81. The van der Waals surface area contributed by atoms with Crippen molar-refractivity contribution in [2.24, 2.45) is 0 Å². The van der Waals surface area contributed by atoms with Crippen molar-refractivity contribution >= 4 is 22.7 Å². The predicted molar refractivity (Wildman–Crippen MR) is 116 cm³/mol. The summed E-state index contributed by atoms with van der Waals surface area (Å²) in [5.74, 6) is 1.65. The second-order valence-corrected chi connectivity index (χ2v) is 6.98. The molecule has 1 aromatic heterocycles. The monoisotopic (exact) mass is 402 g/mol. The number of aromatic nitrogens is 1. The largest absolute Gasteiger partial charge is 0.497 e. The number of para-hydroxylation sites is 1. The van der Waals surface area contributed by atoms with Gasteiger partial charge in [0.15, 0.2) is 12.2 Å². The van der Waals surface area contributed by atoms with Crippen molar-refractivity contribution in [2.75, 3.05) is 19.0 Å². The van der Waals surface area contributed by atoms with Gasteiger partial charge in [0.2, 0.25) is 5.89 Å². The summed E-state index contributed by atoms with van der Waals surface area (Å²) in [7, 11) is 1.61. The summed E-state index contributed by atoms with van der Waals surface area (Å²) >= 11 is 0. The predicted octanol–water partition coefficient (Wildman–Crippen LogP) is 5.14. The quantitative estimate of drug-likeness (QED) is 0.483. The van der Waals surface area contributed by atoms with E-state index in [1.54, 1.807) is 7.11 Å². The molecule has 6 nitrogen and oxygen atoms in total. The van der Waals surface area contributed by atoms with E-state index < -0.39 is 0 Å². The van der Waals surface area contributed by atoms with E-state index in [0.717, 1.165) is 16.7 Å². The Kier molecular flexibility index (Phi) is 5.39. The molecule has 0 radical (unpaired) electrons. The number of rotatable bonds is 6. The molecule has 0 spiro atoms. The average molecular weight is 402 g/mol. The Morgan fingerprint density at radius 2 is 1.87 bits per heavy atom. The van der Waals surface area contributed by atoms with Crippen LogP contribution in [0.1, 0.15) is 11.1 Å². The van der Waals surface area contributed by atoms with Gasteiger partial charge < -0.3 is 19.2 Å². The fraction of sp³-hybridized carbons (Fsp3) is 0.167. The van der Waals surface area contributed by atoms with Crippen LogP contribution in [0.3, 0.4) is 0 Å². The Hall–Kier alpha value is -3.80. The van der Waals surface area contributed by atoms with Gasteiger partial charge in [0.05, 0.1) is 7.11 Å². The third-order valence-corrected chi connectivity index (χ3v) is 4.81. The van der Waals surface area contributed by atoms with Gasteiger partial charge in [0.25, 0.3) is 5.91 Å². The summed E-state index contributed by atoms with van der Waals surface area (Å²) in [6, 6.07) is 18.7. The summed E-state index contributed by atoms with van der Waals surface area (Å²) < 4.78 is 16.7. The zero-order valence-corrected chi connectivity index (χ0v) is 17.1. The van der Waals surface area contributed by atoms with Crippen LogP contribution < -0.4 is 14.8 Å². The fourth-order valence-electron chi connectivity index (χ4n) is 3.10. The number of methoxy groups -OCH3 is 1. The molecule has 0 aliphatic heterocycles. The number of ether oxygens (including phenoxy) is 2. The summed E-state index contributed by atoms with van der Waals surface area (Å²) in [6.45, 7) is 3.80. The topological polar surface area (TPSA) is 73.6 Å². The summed E-state index contributed by atoms with van der Waals surface area (Å²) in [6.07, 6.45) is 0. The van der Waals surface area contributed by atoms with Crippen molar-refractivity contribution in [2.45, 2.75) is 13.8 Å². The first-order valence-electron chi connectivity index (χ1n) is 9.57. The van der Waals surface area contributed by atoms with Crippen LogP contribution in [0, 0.1) is 13.8 Å². The molecular weight excluding hydrogens is 380 g/mol. The third kappa shape index (κ3) is 4.12. The van der Waals surface area contributed by atoms with E-state index in [2.05, 4.69) is 10.3 Å². The molecule has 0 bridgehead atoms. The molecule has 1 N–H and O–H groups in total. The molecule has 0 fully saturated rings. The second-order valence-electron chi connectivity index (χ2n) is 6.98. The number of nitrogens with one attached hydrogen (secondary N) is 1. The normalized spacial score (nSPS) is 10.8. The van der Waals surface area contributed by atoms with Crippen molar-refractivity contribution < 1.29 is 18.7 Å². The molecular formula is C24H22N2O4. The van der Waals surface area contributed by atoms with Crippen molar-refractivity contribution in [1.29, 1.82) is 0 Å². The summed E-state index contributed by atoms with van der Waals surface area (Å²) in [5.41, 5.74) is 4.75. The number of oxazole rings is 1. The Bertz CT molecular complexity index is 1210. The first kappa shape index (κ1) is 19.5. The van der Waals surface area contributed by atoms with Gasteiger partial charge in [-0.05, 0) is 55.3 Å². The number of nitrogens with zero attached hydrogens (tertiary/aromatic N) is 1. The molecule has 4 aromatic rings. The molecule has 30 heavy (non-hydrogen) atoms. The Labute approximate surface area is 174 Å². The number of aryl methyl sites for hydroxylation is 2. The number of carbonyl (C=O) groups is 1. The molecule has 152 valence electrons. The second kappa shape index (κ2) is 8.29. The number of hydrogen-bond acceptors (Lipinski definition) is 5. The number of anilines is 1. The van der Waals surface area contributed by atoms with Gasteiger partial charge in [-0.15, -0.1) is 0 Å². The van der Waals surface area contributed by atoms with Crippen molar-refractivity contribution in [3.05, 3.63) is 71.8 Å². The number of benzene rings is 3. The maximum absolute atomic E-state index is 12.4. The Balaban J connectivity index is 1.52. The van der Waals surface area contributed by atoms with Crippen LogP contribution in [0.15, 0.2) is 65.1 Å². The minimum atomic E-state index is -0.235. The molecule has 4 rings (SSSR count). The standard InChI is InChI=1S/C24H22N2O4/c1-15-8-9-17(24-26-20-13-18(28-3)10-11-22(20)30-24)12-19(15)25-23(27)14-29-21-7-5-4-6-16(21)2/h4-13H,14H2,1-3H3,(H,25,27). The highest BCUT2D eigenvalue weighted by molar-refractivity contribution is 5.93. The molecule has 0 unspecified atom stereocenters. The molecule has 0 saturated heterocycles. The lowest BCUT2D eigenvalue weighted by atomic mass is 10.1. The van der Waals surface area contributed by atoms with E-state index in [-0.39, 0.29) is 12.5 Å². The Morgan fingerprint density at radius 1 is 1.03 bits per heavy atom. The highest BCUT2D eigenvalue weighted by Gasteiger charge is 2.13. The lowest BCUT2D eigenvalue weighted by molar-refractivity contribution is -0.118. The van der Waals surface area contributed by atoms with E-state index in [1.165, 1.54) is 0 Å². The number of amides is 1. The van der Waals surface area contributed by atoms with Gasteiger partial charge in [-0.3, -0.25) is 4.79 Å². The van der Waals surface area contributed by atoms with E-state index in [1.807, 2.05) is 74.5 Å². The molecule has 0 aliphatic carbocycles. The molecule has 1 heterocycles. The van der Waals surface area contributed by atoms with E-state index >= 15 is 0 Å². The van der Waals surface area contributed by atoms with Crippen molar-refractivity contribution in [3.63, 3.8) is 0 Å². The van der Waals surface area contributed by atoms with Crippen molar-refractivity contribution in [3.8, 4) is 23.0 Å². The van der Waals surface area contributed by atoms with Crippen LogP contribution in [0.25, 0.3) is 22.6 Å². The maximum Gasteiger partial charge on any atom is 0.262 e. The van der Waals surface area contributed by atoms with Gasteiger partial charge in [-0.25, -0.2) is 4.98 Å². The summed E-state index contributed by atoms with van der Waals surface area (Å²) in [4.78, 5) is 17.0. The first-order chi connectivity index (χ1) is 14.5. The van der Waals surface area contributed by atoms with E-state index in [9.17, 15) is 4.79 Å². The highest BCUT2D eigenvalue weighted by Crippen LogP contribution is 2.29. The van der Waals surface area contributed by atoms with Crippen LogP contribution in [0.5, 0.6) is 11.5 Å².